The van der Waals surface area contributed by atoms with E-state index in [-0.39, 0.29) is 13.2 Å². The highest BCUT2D eigenvalue weighted by atomic mass is 35.5. The van der Waals surface area contributed by atoms with Crippen molar-refractivity contribution in [3.05, 3.63) is 22.7 Å². The predicted molar refractivity (Wildman–Crippen MR) is 86.0 cm³/mol. The largest absolute Gasteiger partial charge is 0.462 e. The Morgan fingerprint density at radius 2 is 2.10 bits per heavy atom. The number of carbonyl (C=O) groups excluding carboxylic acids is 1. The minimum Gasteiger partial charge on any atom is -0.462 e. The first-order chi connectivity index (χ1) is 10.0. The van der Waals surface area contributed by atoms with Crippen molar-refractivity contribution in [2.75, 3.05) is 36.9 Å². The minimum absolute atomic E-state index is 0.0211. The summed E-state index contributed by atoms with van der Waals surface area (Å²) >= 11 is 6.28. The third-order valence-electron chi connectivity index (χ3n) is 3.05. The van der Waals surface area contributed by atoms with Crippen molar-refractivity contribution in [1.82, 2.24) is 0 Å². The third kappa shape index (κ3) is 4.79. The standard InChI is InChI=1S/C15H23ClN2O3/c1-3-5-6-18(7-8-19)14-12(15(20)21-4-2)9-11(17)10-13(14)16/h9-10,19H,3-8,17H2,1-2H3. The molecule has 0 aliphatic heterocycles. The van der Waals surface area contributed by atoms with Crippen LogP contribution in [-0.4, -0.2) is 37.4 Å². The number of nitrogens with two attached hydrogens (primary N) is 1. The van der Waals surface area contributed by atoms with Gasteiger partial charge < -0.3 is 20.5 Å². The lowest BCUT2D eigenvalue weighted by Crippen LogP contribution is -2.30. The van der Waals surface area contributed by atoms with Crippen molar-refractivity contribution in [3.8, 4) is 0 Å². The summed E-state index contributed by atoms with van der Waals surface area (Å²) in [5.41, 5.74) is 7.10. The molecule has 0 amide bonds. The van der Waals surface area contributed by atoms with E-state index >= 15 is 0 Å². The van der Waals surface area contributed by atoms with Gasteiger partial charge in [-0.1, -0.05) is 24.9 Å². The van der Waals surface area contributed by atoms with Crippen molar-refractivity contribution in [1.29, 1.82) is 0 Å². The number of aliphatic hydroxyl groups is 1. The molecule has 0 spiro atoms. The van der Waals surface area contributed by atoms with Gasteiger partial charge in [0.25, 0.3) is 0 Å². The summed E-state index contributed by atoms with van der Waals surface area (Å²) in [5.74, 6) is -0.457. The van der Waals surface area contributed by atoms with Crippen LogP contribution in [0.25, 0.3) is 0 Å². The zero-order valence-corrected chi connectivity index (χ0v) is 13.3. The summed E-state index contributed by atoms with van der Waals surface area (Å²) in [6, 6.07) is 3.17. The van der Waals surface area contributed by atoms with Crippen LogP contribution < -0.4 is 10.6 Å². The van der Waals surface area contributed by atoms with Crippen LogP contribution in [0.1, 0.15) is 37.0 Å². The Bertz CT molecular complexity index is 480. The summed E-state index contributed by atoms with van der Waals surface area (Å²) in [6.07, 6.45) is 1.94. The Morgan fingerprint density at radius 3 is 2.67 bits per heavy atom. The van der Waals surface area contributed by atoms with Crippen LogP contribution in [0, 0.1) is 0 Å². The summed E-state index contributed by atoms with van der Waals surface area (Å²) in [5, 5.41) is 9.64. The predicted octanol–water partition coefficient (Wildman–Crippen LogP) is 2.70. The molecule has 1 aromatic rings. The van der Waals surface area contributed by atoms with Crippen molar-refractivity contribution in [2.45, 2.75) is 26.7 Å². The van der Waals surface area contributed by atoms with Gasteiger partial charge in [-0.3, -0.25) is 0 Å². The molecule has 5 nitrogen and oxygen atoms in total. The number of hydrogen-bond acceptors (Lipinski definition) is 5. The summed E-state index contributed by atoms with van der Waals surface area (Å²) < 4.78 is 5.07. The van der Waals surface area contributed by atoms with Gasteiger partial charge in [0.1, 0.15) is 0 Å². The smallest absolute Gasteiger partial charge is 0.340 e. The Kier molecular flexibility index (Phi) is 7.32. The zero-order valence-electron chi connectivity index (χ0n) is 12.6. The molecule has 0 heterocycles. The topological polar surface area (TPSA) is 75.8 Å². The van der Waals surface area contributed by atoms with Crippen LogP contribution in [0.4, 0.5) is 11.4 Å². The van der Waals surface area contributed by atoms with E-state index in [4.69, 9.17) is 22.1 Å². The number of nitrogen functional groups attached to an aromatic ring is 1. The quantitative estimate of drug-likeness (QED) is 0.570. The second-order valence-corrected chi connectivity index (χ2v) is 5.09. The number of halogens is 1. The van der Waals surface area contributed by atoms with Gasteiger partial charge >= 0.3 is 5.97 Å². The number of nitrogens with zero attached hydrogens (tertiary/aromatic N) is 1. The van der Waals surface area contributed by atoms with Crippen LogP contribution in [0.2, 0.25) is 5.02 Å². The molecule has 118 valence electrons. The number of aliphatic hydroxyl groups excluding tert-OH is 1. The van der Waals surface area contributed by atoms with Crippen molar-refractivity contribution < 1.29 is 14.6 Å². The molecule has 0 atom stereocenters. The highest BCUT2D eigenvalue weighted by Gasteiger charge is 2.21. The average molecular weight is 315 g/mol. The van der Waals surface area contributed by atoms with E-state index in [9.17, 15) is 9.90 Å². The normalized spacial score (nSPS) is 10.5. The van der Waals surface area contributed by atoms with E-state index in [2.05, 4.69) is 6.92 Å². The summed E-state index contributed by atoms with van der Waals surface area (Å²) in [7, 11) is 0. The van der Waals surface area contributed by atoms with Crippen LogP contribution in [0.15, 0.2) is 12.1 Å². The second kappa shape index (κ2) is 8.74. The van der Waals surface area contributed by atoms with Crippen LogP contribution in [-0.2, 0) is 4.74 Å². The molecule has 0 radical (unpaired) electrons. The van der Waals surface area contributed by atoms with E-state index in [1.54, 1.807) is 19.1 Å². The number of rotatable bonds is 8. The molecule has 3 N–H and O–H groups in total. The Morgan fingerprint density at radius 1 is 1.38 bits per heavy atom. The fraction of sp³-hybridized carbons (Fsp3) is 0.533. The Labute approximate surface area is 130 Å². The van der Waals surface area contributed by atoms with E-state index in [0.29, 0.717) is 35.1 Å². The monoisotopic (exact) mass is 314 g/mol. The molecular weight excluding hydrogens is 292 g/mol. The Balaban J connectivity index is 3.25. The van der Waals surface area contributed by atoms with Gasteiger partial charge in [-0.2, -0.15) is 0 Å². The number of anilines is 2. The van der Waals surface area contributed by atoms with Gasteiger partial charge in [0, 0.05) is 18.8 Å². The van der Waals surface area contributed by atoms with Crippen molar-refractivity contribution >= 4 is 28.9 Å². The molecule has 0 fully saturated rings. The zero-order chi connectivity index (χ0) is 15.8. The number of benzene rings is 1. The Hall–Kier alpha value is -1.46. The molecule has 0 aliphatic rings. The first-order valence-corrected chi connectivity index (χ1v) is 7.54. The first kappa shape index (κ1) is 17.6. The van der Waals surface area contributed by atoms with E-state index in [1.165, 1.54) is 0 Å². The molecule has 0 aromatic heterocycles. The summed E-state index contributed by atoms with van der Waals surface area (Å²) in [4.78, 5) is 14.0. The van der Waals surface area contributed by atoms with E-state index < -0.39 is 5.97 Å². The average Bonchev–Trinajstić information content (AvgIpc) is 2.43. The van der Waals surface area contributed by atoms with Gasteiger partial charge in [-0.25, -0.2) is 4.79 Å². The number of hydrogen-bond donors (Lipinski definition) is 2. The van der Waals surface area contributed by atoms with Gasteiger partial charge in [0.2, 0.25) is 0 Å². The highest BCUT2D eigenvalue weighted by molar-refractivity contribution is 6.34. The molecular formula is C15H23ClN2O3. The minimum atomic E-state index is -0.457. The van der Waals surface area contributed by atoms with Crippen LogP contribution >= 0.6 is 11.6 Å². The van der Waals surface area contributed by atoms with Gasteiger partial charge in [0.15, 0.2) is 0 Å². The molecule has 6 heteroatoms. The van der Waals surface area contributed by atoms with E-state index in [1.807, 2.05) is 4.90 Å². The highest BCUT2D eigenvalue weighted by Crippen LogP contribution is 2.33. The SMILES string of the molecule is CCCCN(CCO)c1c(Cl)cc(N)cc1C(=O)OCC. The number of unbranched alkanes of at least 4 members (excludes halogenated alkanes) is 1. The number of esters is 1. The molecule has 0 saturated carbocycles. The van der Waals surface area contributed by atoms with Gasteiger partial charge in [0.05, 0.1) is 29.5 Å². The fourth-order valence-electron chi connectivity index (χ4n) is 2.11. The molecule has 1 aromatic carbocycles. The maximum absolute atomic E-state index is 12.1. The molecule has 0 unspecified atom stereocenters. The lowest BCUT2D eigenvalue weighted by Gasteiger charge is -2.27. The van der Waals surface area contributed by atoms with Crippen LogP contribution in [0.5, 0.6) is 0 Å². The van der Waals surface area contributed by atoms with Crippen LogP contribution in [0.3, 0.4) is 0 Å². The van der Waals surface area contributed by atoms with E-state index in [0.717, 1.165) is 12.8 Å². The molecule has 0 saturated heterocycles. The maximum Gasteiger partial charge on any atom is 0.340 e. The first-order valence-electron chi connectivity index (χ1n) is 7.17. The summed E-state index contributed by atoms with van der Waals surface area (Å²) in [6.45, 7) is 5.18. The lowest BCUT2D eigenvalue weighted by atomic mass is 10.1. The molecule has 21 heavy (non-hydrogen) atoms. The molecule has 1 rings (SSSR count). The van der Waals surface area contributed by atoms with Gasteiger partial charge in [-0.15, -0.1) is 0 Å². The van der Waals surface area contributed by atoms with Crippen molar-refractivity contribution in [2.24, 2.45) is 0 Å². The number of ether oxygens (including phenoxy) is 1. The maximum atomic E-state index is 12.1. The van der Waals surface area contributed by atoms with Gasteiger partial charge in [-0.05, 0) is 25.5 Å². The van der Waals surface area contributed by atoms with Crippen molar-refractivity contribution in [3.63, 3.8) is 0 Å². The molecule has 0 bridgehead atoms. The molecule has 0 aliphatic carbocycles. The second-order valence-electron chi connectivity index (χ2n) is 4.68. The fourth-order valence-corrected chi connectivity index (χ4v) is 2.46. The number of carbonyl (C=O) groups is 1. The lowest BCUT2D eigenvalue weighted by molar-refractivity contribution is 0.0527. The third-order valence-corrected chi connectivity index (χ3v) is 3.34.